The molecule has 0 unspecified atom stereocenters. The monoisotopic (exact) mass is 315 g/mol. The van der Waals surface area contributed by atoms with Crippen molar-refractivity contribution in [1.82, 2.24) is 5.32 Å². The van der Waals surface area contributed by atoms with Crippen molar-refractivity contribution in [3.05, 3.63) is 33.3 Å². The Bertz CT molecular complexity index is 416. The van der Waals surface area contributed by atoms with E-state index in [2.05, 4.69) is 21.2 Å². The zero-order chi connectivity index (χ0) is 12.3. The fourth-order valence-electron chi connectivity index (χ4n) is 2.23. The van der Waals surface area contributed by atoms with Crippen LogP contribution in [0.2, 0.25) is 5.02 Å². The Kier molecular flexibility index (Phi) is 4.46. The summed E-state index contributed by atoms with van der Waals surface area (Å²) in [5.74, 6) is 0.563. The molecule has 4 heteroatoms. The lowest BCUT2D eigenvalue weighted by atomic mass is 10.1. The first-order valence-corrected chi connectivity index (χ1v) is 7.08. The number of rotatable bonds is 3. The third-order valence-electron chi connectivity index (χ3n) is 3.22. The Morgan fingerprint density at radius 2 is 2.12 bits per heavy atom. The average Bonchev–Trinajstić information content (AvgIpc) is 2.82. The minimum Gasteiger partial charge on any atom is -0.352 e. The Morgan fingerprint density at radius 1 is 1.41 bits per heavy atom. The highest BCUT2D eigenvalue weighted by atomic mass is 79.9. The highest BCUT2D eigenvalue weighted by molar-refractivity contribution is 9.10. The van der Waals surface area contributed by atoms with E-state index in [1.807, 2.05) is 12.1 Å². The van der Waals surface area contributed by atoms with Gasteiger partial charge in [0.25, 0.3) is 5.91 Å². The summed E-state index contributed by atoms with van der Waals surface area (Å²) in [5.41, 5.74) is 0.541. The molecule has 2 nitrogen and oxygen atoms in total. The van der Waals surface area contributed by atoms with Gasteiger partial charge in [-0.25, -0.2) is 0 Å². The fraction of sp³-hybridized carbons (Fsp3) is 0.462. The first-order valence-electron chi connectivity index (χ1n) is 5.90. The van der Waals surface area contributed by atoms with Crippen molar-refractivity contribution >= 4 is 33.4 Å². The molecular weight excluding hydrogens is 302 g/mol. The molecule has 0 radical (unpaired) electrons. The molecule has 1 aromatic carbocycles. The maximum atomic E-state index is 12.0. The zero-order valence-electron chi connectivity index (χ0n) is 9.51. The van der Waals surface area contributed by atoms with Crippen LogP contribution < -0.4 is 5.32 Å². The van der Waals surface area contributed by atoms with E-state index in [0.29, 0.717) is 16.5 Å². The summed E-state index contributed by atoms with van der Waals surface area (Å²) in [6.45, 7) is 0.766. The van der Waals surface area contributed by atoms with Crippen LogP contribution in [0.5, 0.6) is 0 Å². The van der Waals surface area contributed by atoms with Crippen molar-refractivity contribution in [2.24, 2.45) is 5.92 Å². The smallest absolute Gasteiger partial charge is 0.252 e. The highest BCUT2D eigenvalue weighted by Crippen LogP contribution is 2.27. The van der Waals surface area contributed by atoms with Gasteiger partial charge < -0.3 is 5.32 Å². The minimum absolute atomic E-state index is 0.0804. The number of amides is 1. The SMILES string of the molecule is O=C(NCC1CCCC1)c1cccc(Br)c1Cl. The summed E-state index contributed by atoms with van der Waals surface area (Å²) in [5, 5.41) is 3.45. The molecule has 2 rings (SSSR count). The minimum atomic E-state index is -0.0804. The van der Waals surface area contributed by atoms with Crippen LogP contribution in [0.3, 0.4) is 0 Å². The summed E-state index contributed by atoms with van der Waals surface area (Å²) in [4.78, 5) is 12.0. The molecule has 1 fully saturated rings. The van der Waals surface area contributed by atoms with Gasteiger partial charge in [0.2, 0.25) is 0 Å². The van der Waals surface area contributed by atoms with Crippen LogP contribution in [-0.2, 0) is 0 Å². The van der Waals surface area contributed by atoms with Gasteiger partial charge >= 0.3 is 0 Å². The predicted molar refractivity (Wildman–Crippen MR) is 73.4 cm³/mol. The number of nitrogens with one attached hydrogen (secondary N) is 1. The van der Waals surface area contributed by atoms with Crippen molar-refractivity contribution in [2.75, 3.05) is 6.54 Å². The number of carbonyl (C=O) groups excluding carboxylic acids is 1. The molecule has 1 aromatic rings. The Morgan fingerprint density at radius 3 is 2.82 bits per heavy atom. The van der Waals surface area contributed by atoms with E-state index in [4.69, 9.17) is 11.6 Å². The molecular formula is C13H15BrClNO. The van der Waals surface area contributed by atoms with Crippen molar-refractivity contribution < 1.29 is 4.79 Å². The van der Waals surface area contributed by atoms with E-state index >= 15 is 0 Å². The van der Waals surface area contributed by atoms with E-state index < -0.39 is 0 Å². The second-order valence-electron chi connectivity index (χ2n) is 4.46. The van der Waals surface area contributed by atoms with Crippen LogP contribution in [0.4, 0.5) is 0 Å². The second kappa shape index (κ2) is 5.87. The normalized spacial score (nSPS) is 16.1. The molecule has 0 saturated heterocycles. The van der Waals surface area contributed by atoms with Crippen LogP contribution in [0, 0.1) is 5.92 Å². The number of hydrogen-bond acceptors (Lipinski definition) is 1. The molecule has 0 aromatic heterocycles. The predicted octanol–water partition coefficient (Wildman–Crippen LogP) is 4.02. The van der Waals surface area contributed by atoms with Gasteiger partial charge in [0.05, 0.1) is 10.6 Å². The third kappa shape index (κ3) is 3.23. The first-order chi connectivity index (χ1) is 8.18. The highest BCUT2D eigenvalue weighted by Gasteiger charge is 2.17. The van der Waals surface area contributed by atoms with Crippen LogP contribution in [0.25, 0.3) is 0 Å². The van der Waals surface area contributed by atoms with Crippen molar-refractivity contribution in [2.45, 2.75) is 25.7 Å². The molecule has 0 heterocycles. The lowest BCUT2D eigenvalue weighted by Gasteiger charge is -2.11. The van der Waals surface area contributed by atoms with Gasteiger partial charge in [0, 0.05) is 11.0 Å². The van der Waals surface area contributed by atoms with Crippen LogP contribution in [0.15, 0.2) is 22.7 Å². The number of hydrogen-bond donors (Lipinski definition) is 1. The summed E-state index contributed by atoms with van der Waals surface area (Å²) in [6, 6.07) is 5.40. The topological polar surface area (TPSA) is 29.1 Å². The van der Waals surface area contributed by atoms with Crippen LogP contribution in [0.1, 0.15) is 36.0 Å². The van der Waals surface area contributed by atoms with Crippen molar-refractivity contribution in [1.29, 1.82) is 0 Å². The molecule has 0 spiro atoms. The molecule has 17 heavy (non-hydrogen) atoms. The van der Waals surface area contributed by atoms with Gasteiger partial charge in [0.1, 0.15) is 0 Å². The number of halogens is 2. The van der Waals surface area contributed by atoms with E-state index in [1.165, 1.54) is 25.7 Å². The first kappa shape index (κ1) is 12.9. The van der Waals surface area contributed by atoms with Gasteiger partial charge in [-0.2, -0.15) is 0 Å². The molecule has 0 aliphatic heterocycles. The Labute approximate surface area is 115 Å². The molecule has 1 aliphatic rings. The third-order valence-corrected chi connectivity index (χ3v) is 4.52. The quantitative estimate of drug-likeness (QED) is 0.896. The van der Waals surface area contributed by atoms with Gasteiger partial charge in [-0.1, -0.05) is 30.5 Å². The van der Waals surface area contributed by atoms with E-state index in [1.54, 1.807) is 6.07 Å². The van der Waals surface area contributed by atoms with Gasteiger partial charge in [-0.05, 0) is 46.8 Å². The van der Waals surface area contributed by atoms with Crippen molar-refractivity contribution in [3.63, 3.8) is 0 Å². The summed E-state index contributed by atoms with van der Waals surface area (Å²) >= 11 is 9.40. The molecule has 92 valence electrons. The lowest BCUT2D eigenvalue weighted by Crippen LogP contribution is -2.28. The number of benzene rings is 1. The summed E-state index contributed by atoms with van der Waals surface area (Å²) < 4.78 is 0.757. The van der Waals surface area contributed by atoms with Crippen LogP contribution >= 0.6 is 27.5 Å². The van der Waals surface area contributed by atoms with Crippen LogP contribution in [-0.4, -0.2) is 12.5 Å². The van der Waals surface area contributed by atoms with E-state index in [9.17, 15) is 4.79 Å². The summed E-state index contributed by atoms with van der Waals surface area (Å²) in [7, 11) is 0. The largest absolute Gasteiger partial charge is 0.352 e. The average molecular weight is 317 g/mol. The Balaban J connectivity index is 1.97. The van der Waals surface area contributed by atoms with Gasteiger partial charge in [-0.3, -0.25) is 4.79 Å². The molecule has 1 saturated carbocycles. The second-order valence-corrected chi connectivity index (χ2v) is 5.69. The maximum absolute atomic E-state index is 12.0. The van der Waals surface area contributed by atoms with E-state index in [-0.39, 0.29) is 5.91 Å². The Hall–Kier alpha value is -0.540. The summed E-state index contributed by atoms with van der Waals surface area (Å²) in [6.07, 6.45) is 5.04. The number of carbonyl (C=O) groups is 1. The molecule has 0 atom stereocenters. The fourth-order valence-corrected chi connectivity index (χ4v) is 2.80. The molecule has 0 bridgehead atoms. The van der Waals surface area contributed by atoms with Gasteiger partial charge in [0.15, 0.2) is 0 Å². The maximum Gasteiger partial charge on any atom is 0.252 e. The van der Waals surface area contributed by atoms with E-state index in [0.717, 1.165) is 11.0 Å². The van der Waals surface area contributed by atoms with Crippen molar-refractivity contribution in [3.8, 4) is 0 Å². The molecule has 1 amide bonds. The zero-order valence-corrected chi connectivity index (χ0v) is 11.9. The van der Waals surface area contributed by atoms with Gasteiger partial charge in [-0.15, -0.1) is 0 Å². The molecule has 1 N–H and O–H groups in total. The standard InChI is InChI=1S/C13H15BrClNO/c14-11-7-3-6-10(12(11)15)13(17)16-8-9-4-1-2-5-9/h3,6-7,9H,1-2,4-5,8H2,(H,16,17). The molecule has 1 aliphatic carbocycles. The lowest BCUT2D eigenvalue weighted by molar-refractivity contribution is 0.0947.